The van der Waals surface area contributed by atoms with Crippen molar-refractivity contribution in [2.75, 3.05) is 13.2 Å². The molecule has 0 amide bonds. The van der Waals surface area contributed by atoms with Gasteiger partial charge < -0.3 is 19.7 Å². The lowest BCUT2D eigenvalue weighted by molar-refractivity contribution is -0.138. The molecule has 0 atom stereocenters. The predicted octanol–water partition coefficient (Wildman–Crippen LogP) is 5.59. The number of thioether (sulfide) groups is 1. The maximum atomic E-state index is 12.5. The van der Waals surface area contributed by atoms with Gasteiger partial charge in [0, 0.05) is 0 Å². The minimum Gasteiger partial charge on any atom is -0.506 e. The van der Waals surface area contributed by atoms with Crippen LogP contribution in [0.3, 0.4) is 0 Å². The quantitative estimate of drug-likeness (QED) is 0.369. The number of halogens is 1. The van der Waals surface area contributed by atoms with Gasteiger partial charge >= 0.3 is 5.97 Å². The van der Waals surface area contributed by atoms with Crippen molar-refractivity contribution in [2.45, 2.75) is 13.8 Å². The predicted molar refractivity (Wildman–Crippen MR) is 127 cm³/mol. The zero-order valence-corrected chi connectivity index (χ0v) is 19.4. The number of aliphatic imine (C=N–C) groups is 1. The fraction of sp³-hybridized carbons (Fsp3) is 0.182. The number of esters is 1. The lowest BCUT2D eigenvalue weighted by atomic mass is 10.1. The second-order valence-corrected chi connectivity index (χ2v) is 8.28. The Morgan fingerprint density at radius 2 is 1.90 bits per heavy atom. The number of para-hydroxylation sites is 1. The van der Waals surface area contributed by atoms with Crippen molar-refractivity contribution in [3.63, 3.8) is 0 Å². The van der Waals surface area contributed by atoms with E-state index >= 15 is 0 Å². The molecule has 3 rings (SSSR count). The average molecular weight is 537 g/mol. The summed E-state index contributed by atoms with van der Waals surface area (Å²) in [4.78, 5) is 17.4. The van der Waals surface area contributed by atoms with E-state index in [1.54, 1.807) is 25.1 Å². The molecule has 0 saturated heterocycles. The highest BCUT2D eigenvalue weighted by Gasteiger charge is 2.33. The number of carbonyl (C=O) groups excluding carboxylic acids is 1. The summed E-state index contributed by atoms with van der Waals surface area (Å²) in [5.74, 6) is -0.395. The SMILES string of the molecule is CCOC(=O)C1=C(O)/C(=C/c2cc(I)c(O)c(OCC)c2)SC1=Nc1ccccc1. The molecule has 0 spiro atoms. The molecule has 0 saturated carbocycles. The van der Waals surface area contributed by atoms with Crippen LogP contribution in [0.5, 0.6) is 11.5 Å². The molecular weight excluding hydrogens is 517 g/mol. The fourth-order valence-electron chi connectivity index (χ4n) is 2.71. The van der Waals surface area contributed by atoms with Gasteiger partial charge in [0.05, 0.1) is 27.4 Å². The Morgan fingerprint density at radius 1 is 1.17 bits per heavy atom. The van der Waals surface area contributed by atoms with E-state index in [0.29, 0.717) is 37.1 Å². The molecule has 0 unspecified atom stereocenters. The van der Waals surface area contributed by atoms with E-state index in [1.807, 2.05) is 59.8 Å². The zero-order chi connectivity index (χ0) is 21.7. The summed E-state index contributed by atoms with van der Waals surface area (Å²) in [6, 6.07) is 12.6. The normalized spacial score (nSPS) is 16.4. The van der Waals surface area contributed by atoms with Crippen LogP contribution in [0, 0.1) is 3.57 Å². The number of phenols is 1. The molecule has 1 aliphatic heterocycles. The summed E-state index contributed by atoms with van der Waals surface area (Å²) in [6.45, 7) is 4.13. The number of benzene rings is 2. The minimum absolute atomic E-state index is 0.0375. The highest BCUT2D eigenvalue weighted by molar-refractivity contribution is 14.1. The molecule has 1 aliphatic rings. The number of carbonyl (C=O) groups is 1. The highest BCUT2D eigenvalue weighted by Crippen LogP contribution is 2.41. The van der Waals surface area contributed by atoms with Gasteiger partial charge in [-0.25, -0.2) is 9.79 Å². The standard InChI is InChI=1S/C22H20INO5S/c1-3-28-16-11-13(10-15(23)19(16)25)12-17-20(26)18(22(27)29-4-2)21(30-17)24-14-8-6-5-7-9-14/h5-12,25-26H,3-4H2,1-2H3/b17-12-,24-21?. The summed E-state index contributed by atoms with van der Waals surface area (Å²) in [7, 11) is 0. The van der Waals surface area contributed by atoms with Crippen molar-refractivity contribution in [1.82, 2.24) is 0 Å². The van der Waals surface area contributed by atoms with Crippen LogP contribution in [-0.2, 0) is 9.53 Å². The average Bonchev–Trinajstić information content (AvgIpc) is 3.01. The molecule has 30 heavy (non-hydrogen) atoms. The van der Waals surface area contributed by atoms with E-state index in [2.05, 4.69) is 4.99 Å². The number of rotatable bonds is 6. The van der Waals surface area contributed by atoms with Crippen LogP contribution in [-0.4, -0.2) is 34.4 Å². The Bertz CT molecular complexity index is 1050. The summed E-state index contributed by atoms with van der Waals surface area (Å²) in [6.07, 6.45) is 1.72. The van der Waals surface area contributed by atoms with E-state index < -0.39 is 5.97 Å². The number of aliphatic hydroxyl groups is 1. The lowest BCUT2D eigenvalue weighted by Crippen LogP contribution is -2.12. The van der Waals surface area contributed by atoms with Gasteiger partial charge in [-0.05, 0) is 72.3 Å². The number of aliphatic hydroxyl groups excluding tert-OH is 1. The van der Waals surface area contributed by atoms with Gasteiger partial charge in [0.1, 0.15) is 16.4 Å². The van der Waals surface area contributed by atoms with Crippen molar-refractivity contribution >= 4 is 57.1 Å². The Labute approximate surface area is 192 Å². The number of aromatic hydroxyl groups is 1. The molecule has 0 fully saturated rings. The summed E-state index contributed by atoms with van der Waals surface area (Å²) >= 11 is 3.19. The molecule has 0 radical (unpaired) electrons. The maximum absolute atomic E-state index is 12.5. The largest absolute Gasteiger partial charge is 0.506 e. The first-order valence-corrected chi connectivity index (χ1v) is 11.1. The third kappa shape index (κ3) is 4.99. The van der Waals surface area contributed by atoms with Crippen LogP contribution in [0.25, 0.3) is 6.08 Å². The fourth-order valence-corrected chi connectivity index (χ4v) is 4.37. The van der Waals surface area contributed by atoms with E-state index in [-0.39, 0.29) is 23.7 Å². The second-order valence-electron chi connectivity index (χ2n) is 6.09. The molecule has 2 N–H and O–H groups in total. The van der Waals surface area contributed by atoms with Crippen molar-refractivity contribution < 1.29 is 24.5 Å². The van der Waals surface area contributed by atoms with Crippen molar-refractivity contribution in [2.24, 2.45) is 4.99 Å². The number of hydrogen-bond donors (Lipinski definition) is 2. The van der Waals surface area contributed by atoms with E-state index in [4.69, 9.17) is 9.47 Å². The Balaban J connectivity index is 2.06. The van der Waals surface area contributed by atoms with Gasteiger partial charge in [0.15, 0.2) is 11.5 Å². The van der Waals surface area contributed by atoms with Gasteiger partial charge in [-0.1, -0.05) is 30.0 Å². The van der Waals surface area contributed by atoms with Crippen LogP contribution in [0.1, 0.15) is 19.4 Å². The number of hydrogen-bond acceptors (Lipinski definition) is 7. The van der Waals surface area contributed by atoms with Gasteiger partial charge in [0.25, 0.3) is 0 Å². The van der Waals surface area contributed by atoms with E-state index in [0.717, 1.165) is 0 Å². The molecule has 1 heterocycles. The molecule has 2 aromatic rings. The topological polar surface area (TPSA) is 88.4 Å². The van der Waals surface area contributed by atoms with Gasteiger partial charge in [-0.3, -0.25) is 0 Å². The third-order valence-electron chi connectivity index (χ3n) is 4.01. The zero-order valence-electron chi connectivity index (χ0n) is 16.4. The molecule has 8 heteroatoms. The number of nitrogens with zero attached hydrogens (tertiary/aromatic N) is 1. The Hall–Kier alpha value is -2.46. The van der Waals surface area contributed by atoms with Gasteiger partial charge in [0.2, 0.25) is 0 Å². The first-order chi connectivity index (χ1) is 14.4. The Kier molecular flexibility index (Phi) is 7.43. The highest BCUT2D eigenvalue weighted by atomic mass is 127. The van der Waals surface area contributed by atoms with Crippen molar-refractivity contribution in [3.8, 4) is 11.5 Å². The molecule has 0 aliphatic carbocycles. The molecule has 0 aromatic heterocycles. The number of phenolic OH excluding ortho intramolecular Hbond substituents is 1. The first-order valence-electron chi connectivity index (χ1n) is 9.24. The summed E-state index contributed by atoms with van der Waals surface area (Å²) in [5.41, 5.74) is 1.41. The van der Waals surface area contributed by atoms with Gasteiger partial charge in [-0.15, -0.1) is 0 Å². The molecule has 2 aromatic carbocycles. The molecule has 0 bridgehead atoms. The molecular formula is C22H20INO5S. The lowest BCUT2D eigenvalue weighted by Gasteiger charge is -2.09. The van der Waals surface area contributed by atoms with Crippen LogP contribution >= 0.6 is 34.4 Å². The van der Waals surface area contributed by atoms with Gasteiger partial charge in [-0.2, -0.15) is 0 Å². The first kappa shape index (κ1) is 22.2. The van der Waals surface area contributed by atoms with Crippen LogP contribution < -0.4 is 4.74 Å². The smallest absolute Gasteiger partial charge is 0.344 e. The molecule has 6 nitrogen and oxygen atoms in total. The van der Waals surface area contributed by atoms with Crippen molar-refractivity contribution in [3.05, 3.63) is 67.8 Å². The Morgan fingerprint density at radius 3 is 2.57 bits per heavy atom. The second kappa shape index (κ2) is 10.0. The summed E-state index contributed by atoms with van der Waals surface area (Å²) < 4.78 is 11.2. The monoisotopic (exact) mass is 537 g/mol. The third-order valence-corrected chi connectivity index (χ3v) is 5.85. The van der Waals surface area contributed by atoms with E-state index in [1.165, 1.54) is 11.8 Å². The van der Waals surface area contributed by atoms with Crippen LogP contribution in [0.15, 0.2) is 63.7 Å². The number of ether oxygens (including phenoxy) is 2. The van der Waals surface area contributed by atoms with Crippen LogP contribution in [0.2, 0.25) is 0 Å². The van der Waals surface area contributed by atoms with Crippen LogP contribution in [0.4, 0.5) is 5.69 Å². The van der Waals surface area contributed by atoms with Crippen molar-refractivity contribution in [1.29, 1.82) is 0 Å². The van der Waals surface area contributed by atoms with E-state index in [9.17, 15) is 15.0 Å². The maximum Gasteiger partial charge on any atom is 0.344 e. The minimum atomic E-state index is -0.629. The molecule has 156 valence electrons. The summed E-state index contributed by atoms with van der Waals surface area (Å²) in [5, 5.41) is 21.3.